The average Bonchev–Trinajstić information content (AvgIpc) is 2.96. The maximum Gasteiger partial charge on any atom is 0.331 e. The Labute approximate surface area is 149 Å². The summed E-state index contributed by atoms with van der Waals surface area (Å²) in [5, 5.41) is 23.3. The maximum atomic E-state index is 11.9. The van der Waals surface area contributed by atoms with Gasteiger partial charge in [-0.2, -0.15) is 0 Å². The summed E-state index contributed by atoms with van der Waals surface area (Å²) in [5.74, 6) is -0.524. The number of carbonyl (C=O) groups excluding carboxylic acids is 1. The number of aliphatic hydroxyl groups is 1. The van der Waals surface area contributed by atoms with E-state index in [2.05, 4.69) is 19.2 Å². The van der Waals surface area contributed by atoms with Crippen molar-refractivity contribution in [2.24, 2.45) is 22.7 Å². The Bertz CT molecular complexity index is 652. The zero-order valence-corrected chi connectivity index (χ0v) is 15.3. The molecule has 2 aliphatic carbocycles. The van der Waals surface area contributed by atoms with Gasteiger partial charge in [0.25, 0.3) is 0 Å². The van der Waals surface area contributed by atoms with Crippen molar-refractivity contribution in [2.75, 3.05) is 6.54 Å². The molecule has 3 N–H and O–H groups in total. The quantitative estimate of drug-likeness (QED) is 0.730. The average molecular weight is 347 g/mol. The highest BCUT2D eigenvalue weighted by molar-refractivity contribution is 5.95. The summed E-state index contributed by atoms with van der Waals surface area (Å²) in [6.45, 7) is 6.91. The van der Waals surface area contributed by atoms with Gasteiger partial charge in [-0.25, -0.2) is 4.79 Å². The molecule has 5 nitrogen and oxygen atoms in total. The predicted octanol–water partition coefficient (Wildman–Crippen LogP) is 2.66. The lowest BCUT2D eigenvalue weighted by atomic mass is 9.45. The minimum Gasteiger partial charge on any atom is -0.478 e. The van der Waals surface area contributed by atoms with Crippen LogP contribution < -0.4 is 5.32 Å². The molecule has 0 aromatic carbocycles. The Kier molecular flexibility index (Phi) is 4.56. The fraction of sp³-hybridized carbons (Fsp3) is 0.700. The number of nitrogens with one attached hydrogen (secondary N) is 1. The summed E-state index contributed by atoms with van der Waals surface area (Å²) in [5.41, 5.74) is 0.378. The van der Waals surface area contributed by atoms with Gasteiger partial charge in [-0.1, -0.05) is 32.9 Å². The molecule has 0 aromatic rings. The first-order valence-corrected chi connectivity index (χ1v) is 9.30. The van der Waals surface area contributed by atoms with E-state index >= 15 is 0 Å². The van der Waals surface area contributed by atoms with Gasteiger partial charge in [0, 0.05) is 23.1 Å². The molecule has 1 saturated carbocycles. The molecule has 1 amide bonds. The monoisotopic (exact) mass is 347 g/mol. The Morgan fingerprint density at radius 2 is 2.08 bits per heavy atom. The van der Waals surface area contributed by atoms with Crippen LogP contribution in [0.4, 0.5) is 0 Å². The molecule has 1 heterocycles. The number of carboxylic acids is 1. The van der Waals surface area contributed by atoms with E-state index < -0.39 is 17.5 Å². The fourth-order valence-corrected chi connectivity index (χ4v) is 5.55. The number of hydrogen-bond acceptors (Lipinski definition) is 3. The number of amides is 1. The van der Waals surface area contributed by atoms with E-state index in [9.17, 15) is 19.8 Å². The number of carbonyl (C=O) groups is 2. The summed E-state index contributed by atoms with van der Waals surface area (Å²) in [6, 6.07) is 0. The Hall–Kier alpha value is -1.62. The van der Waals surface area contributed by atoms with Crippen molar-refractivity contribution in [2.45, 2.75) is 59.0 Å². The molecule has 3 rings (SSSR count). The SMILES string of the molecule is C[C@@H]1C[C@@H](O)[C@@]2(C)C(C(=O)O)=CCC[C@@H]2[C@@]1(C)CCC1=CCNC1=O. The number of rotatable bonds is 4. The van der Waals surface area contributed by atoms with Crippen LogP contribution in [0.5, 0.6) is 0 Å². The van der Waals surface area contributed by atoms with Crippen LogP contribution >= 0.6 is 0 Å². The molecule has 1 fully saturated rings. The summed E-state index contributed by atoms with van der Waals surface area (Å²) >= 11 is 0. The van der Waals surface area contributed by atoms with Gasteiger partial charge in [0.2, 0.25) is 5.91 Å². The maximum absolute atomic E-state index is 11.9. The molecule has 5 atom stereocenters. The first-order valence-electron chi connectivity index (χ1n) is 9.30. The standard InChI is InChI=1S/C20H29NO4/c1-12-11-16(22)20(3)14(18(24)25)5-4-6-15(20)19(12,2)9-7-13-8-10-21-17(13)23/h5,8,12,15-16,22H,4,6-7,9-11H2,1-3H3,(H,21,23)(H,24,25)/t12-,15-,16-,19+,20+/m1/s1. The van der Waals surface area contributed by atoms with Gasteiger partial charge >= 0.3 is 5.97 Å². The van der Waals surface area contributed by atoms with E-state index in [1.54, 1.807) is 6.08 Å². The molecule has 5 heteroatoms. The number of hydrogen-bond donors (Lipinski definition) is 3. The van der Waals surface area contributed by atoms with Crippen molar-refractivity contribution in [3.8, 4) is 0 Å². The molecule has 25 heavy (non-hydrogen) atoms. The fourth-order valence-electron chi connectivity index (χ4n) is 5.55. The van der Waals surface area contributed by atoms with Crippen molar-refractivity contribution in [1.29, 1.82) is 0 Å². The molecular formula is C20H29NO4. The van der Waals surface area contributed by atoms with Gasteiger partial charge in [0.15, 0.2) is 0 Å². The van der Waals surface area contributed by atoms with Crippen molar-refractivity contribution in [1.82, 2.24) is 5.32 Å². The molecule has 0 saturated heterocycles. The Morgan fingerprint density at radius 1 is 1.36 bits per heavy atom. The van der Waals surface area contributed by atoms with E-state index in [1.807, 2.05) is 13.0 Å². The number of aliphatic hydroxyl groups excluding tert-OH is 1. The number of aliphatic carboxylic acids is 1. The largest absolute Gasteiger partial charge is 0.478 e. The minimum atomic E-state index is -0.916. The second-order valence-corrected chi connectivity index (χ2v) is 8.43. The molecule has 0 spiro atoms. The van der Waals surface area contributed by atoms with E-state index in [1.165, 1.54) is 0 Å². The van der Waals surface area contributed by atoms with Crippen LogP contribution in [0.3, 0.4) is 0 Å². The van der Waals surface area contributed by atoms with Crippen molar-refractivity contribution >= 4 is 11.9 Å². The van der Waals surface area contributed by atoms with Crippen LogP contribution in [0.2, 0.25) is 0 Å². The molecule has 1 aliphatic heterocycles. The van der Waals surface area contributed by atoms with E-state index in [4.69, 9.17) is 0 Å². The van der Waals surface area contributed by atoms with Gasteiger partial charge in [-0.15, -0.1) is 0 Å². The molecule has 3 aliphatic rings. The topological polar surface area (TPSA) is 86.6 Å². The van der Waals surface area contributed by atoms with Crippen molar-refractivity contribution in [3.05, 3.63) is 23.3 Å². The van der Waals surface area contributed by atoms with Crippen LogP contribution in [0.15, 0.2) is 23.3 Å². The summed E-state index contributed by atoms with van der Waals surface area (Å²) in [7, 11) is 0. The van der Waals surface area contributed by atoms with Gasteiger partial charge in [0.1, 0.15) is 0 Å². The van der Waals surface area contributed by atoms with Gasteiger partial charge in [0.05, 0.1) is 6.10 Å². The molecule has 138 valence electrons. The molecule has 0 aromatic heterocycles. The van der Waals surface area contributed by atoms with Crippen LogP contribution in [-0.4, -0.2) is 34.7 Å². The predicted molar refractivity (Wildman–Crippen MR) is 94.8 cm³/mol. The van der Waals surface area contributed by atoms with Crippen LogP contribution in [0.1, 0.15) is 52.9 Å². The normalized spacial score (nSPS) is 40.8. The third kappa shape index (κ3) is 2.73. The van der Waals surface area contributed by atoms with Gasteiger partial charge in [-0.05, 0) is 49.4 Å². The lowest BCUT2D eigenvalue weighted by molar-refractivity contribution is -0.148. The van der Waals surface area contributed by atoms with Gasteiger partial charge < -0.3 is 15.5 Å². The third-order valence-corrected chi connectivity index (χ3v) is 7.37. The second-order valence-electron chi connectivity index (χ2n) is 8.43. The van der Waals surface area contributed by atoms with Crippen LogP contribution in [0.25, 0.3) is 0 Å². The van der Waals surface area contributed by atoms with E-state index in [0.29, 0.717) is 25.0 Å². The zero-order valence-electron chi connectivity index (χ0n) is 15.3. The summed E-state index contributed by atoms with van der Waals surface area (Å²) < 4.78 is 0. The van der Waals surface area contributed by atoms with Crippen molar-refractivity contribution in [3.63, 3.8) is 0 Å². The van der Waals surface area contributed by atoms with E-state index in [-0.39, 0.29) is 23.2 Å². The zero-order chi connectivity index (χ0) is 18.4. The molecule has 0 bridgehead atoms. The smallest absolute Gasteiger partial charge is 0.331 e. The second kappa shape index (κ2) is 6.27. The van der Waals surface area contributed by atoms with E-state index in [0.717, 1.165) is 24.8 Å². The molecule has 0 radical (unpaired) electrons. The number of fused-ring (bicyclic) bond motifs is 1. The van der Waals surface area contributed by atoms with Gasteiger partial charge in [-0.3, -0.25) is 4.79 Å². The summed E-state index contributed by atoms with van der Waals surface area (Å²) in [4.78, 5) is 23.7. The third-order valence-electron chi connectivity index (χ3n) is 7.37. The van der Waals surface area contributed by atoms with Crippen molar-refractivity contribution < 1.29 is 19.8 Å². The first kappa shape index (κ1) is 18.2. The lowest BCUT2D eigenvalue weighted by Crippen LogP contribution is -2.57. The number of carboxylic acid groups (broad SMARTS) is 1. The summed E-state index contributed by atoms with van der Waals surface area (Å²) in [6.07, 6.45) is 6.88. The highest BCUT2D eigenvalue weighted by Gasteiger charge is 2.59. The lowest BCUT2D eigenvalue weighted by Gasteiger charge is -2.59. The highest BCUT2D eigenvalue weighted by atomic mass is 16.4. The Balaban J connectivity index is 1.92. The molecular weight excluding hydrogens is 318 g/mol. The van der Waals surface area contributed by atoms with Crippen LogP contribution in [-0.2, 0) is 9.59 Å². The first-order chi connectivity index (χ1) is 11.7. The number of allylic oxidation sites excluding steroid dienone is 1. The molecule has 0 unspecified atom stereocenters. The highest BCUT2D eigenvalue weighted by Crippen LogP contribution is 2.62. The Morgan fingerprint density at radius 3 is 2.68 bits per heavy atom. The van der Waals surface area contributed by atoms with Crippen LogP contribution in [0, 0.1) is 22.7 Å². The minimum absolute atomic E-state index is 0.0182.